The standard InChI is InChI=1S/C32H60N.ClH/c1-4-6-8-10-12-14-16-18-20-25-29-33(3,31-32-27-23-22-24-28-32)30-26-21-19-17-15-13-11-9-7-5-2;/h22-24,27-28H,4-21,25-26,29-31H2,1-3H3;1H/q+1;/p-1. The van der Waals surface area contributed by atoms with Crippen LogP contribution >= 0.6 is 0 Å². The van der Waals surface area contributed by atoms with Crippen LogP contribution in [-0.2, 0) is 6.54 Å². The second-order valence-corrected chi connectivity index (χ2v) is 11.1. The minimum atomic E-state index is 0. The molecule has 0 radical (unpaired) electrons. The minimum Gasteiger partial charge on any atom is -1.00 e. The Kier molecular flexibility index (Phi) is 23.8. The van der Waals surface area contributed by atoms with Crippen LogP contribution in [0.4, 0.5) is 0 Å². The second-order valence-electron chi connectivity index (χ2n) is 11.1. The first-order valence-electron chi connectivity index (χ1n) is 15.1. The van der Waals surface area contributed by atoms with Gasteiger partial charge >= 0.3 is 0 Å². The summed E-state index contributed by atoms with van der Waals surface area (Å²) in [4.78, 5) is 0. The van der Waals surface area contributed by atoms with Crippen LogP contribution in [0.1, 0.15) is 148 Å². The first-order valence-corrected chi connectivity index (χ1v) is 15.1. The lowest BCUT2D eigenvalue weighted by Gasteiger charge is -2.35. The molecule has 1 rings (SSSR count). The zero-order valence-electron chi connectivity index (χ0n) is 23.5. The molecule has 200 valence electrons. The number of benzene rings is 1. The van der Waals surface area contributed by atoms with Gasteiger partial charge in [-0.2, -0.15) is 0 Å². The van der Waals surface area contributed by atoms with Gasteiger partial charge in [0.25, 0.3) is 0 Å². The fraction of sp³-hybridized carbons (Fsp3) is 0.812. The summed E-state index contributed by atoms with van der Waals surface area (Å²) in [6.45, 7) is 8.52. The summed E-state index contributed by atoms with van der Waals surface area (Å²) in [5.41, 5.74) is 1.51. The average molecular weight is 494 g/mol. The molecule has 1 nitrogen and oxygen atoms in total. The molecule has 0 fully saturated rings. The molecule has 1 aromatic carbocycles. The summed E-state index contributed by atoms with van der Waals surface area (Å²) in [7, 11) is 2.52. The maximum Gasteiger partial charge on any atom is 0.104 e. The highest BCUT2D eigenvalue weighted by atomic mass is 35.5. The van der Waals surface area contributed by atoms with Gasteiger partial charge in [0.05, 0.1) is 20.1 Å². The van der Waals surface area contributed by atoms with Crippen molar-refractivity contribution in [3.8, 4) is 0 Å². The molecule has 0 atom stereocenters. The van der Waals surface area contributed by atoms with E-state index in [0.29, 0.717) is 0 Å². The summed E-state index contributed by atoms with van der Waals surface area (Å²) >= 11 is 0. The van der Waals surface area contributed by atoms with Gasteiger partial charge in [-0.15, -0.1) is 0 Å². The Hall–Kier alpha value is -0.530. The molecule has 34 heavy (non-hydrogen) atoms. The first-order chi connectivity index (χ1) is 16.2. The predicted molar refractivity (Wildman–Crippen MR) is 150 cm³/mol. The largest absolute Gasteiger partial charge is 1.00 e. The molecule has 0 bridgehead atoms. The van der Waals surface area contributed by atoms with E-state index in [-0.39, 0.29) is 12.4 Å². The molecule has 1 aromatic rings. The Morgan fingerprint density at radius 2 is 0.794 bits per heavy atom. The first kappa shape index (κ1) is 33.5. The average Bonchev–Trinajstić information content (AvgIpc) is 2.82. The normalized spacial score (nSPS) is 11.5. The molecule has 0 saturated heterocycles. The Balaban J connectivity index is 0.0000109. The number of hydrogen-bond acceptors (Lipinski definition) is 0. The van der Waals surface area contributed by atoms with E-state index in [2.05, 4.69) is 51.2 Å². The van der Waals surface area contributed by atoms with Gasteiger partial charge in [-0.05, 0) is 25.7 Å². The lowest BCUT2D eigenvalue weighted by atomic mass is 10.0. The van der Waals surface area contributed by atoms with Crippen molar-refractivity contribution in [2.45, 2.75) is 149 Å². The molecule has 0 unspecified atom stereocenters. The van der Waals surface area contributed by atoms with Gasteiger partial charge in [0.1, 0.15) is 6.54 Å². The van der Waals surface area contributed by atoms with E-state index < -0.39 is 0 Å². The second kappa shape index (κ2) is 24.2. The predicted octanol–water partition coefficient (Wildman–Crippen LogP) is 7.48. The molecule has 0 amide bonds. The quantitative estimate of drug-likeness (QED) is 0.103. The van der Waals surface area contributed by atoms with Crippen molar-refractivity contribution in [2.75, 3.05) is 20.1 Å². The van der Waals surface area contributed by atoms with Crippen molar-refractivity contribution in [3.05, 3.63) is 35.9 Å². The molecule has 0 aliphatic carbocycles. The third-order valence-electron chi connectivity index (χ3n) is 7.51. The molecule has 0 aromatic heterocycles. The third-order valence-corrected chi connectivity index (χ3v) is 7.51. The van der Waals surface area contributed by atoms with E-state index >= 15 is 0 Å². The lowest BCUT2D eigenvalue weighted by molar-refractivity contribution is -0.923. The number of halogens is 1. The lowest BCUT2D eigenvalue weighted by Crippen LogP contribution is -3.00. The van der Waals surface area contributed by atoms with Crippen LogP contribution in [0.15, 0.2) is 30.3 Å². The zero-order valence-corrected chi connectivity index (χ0v) is 24.2. The SMILES string of the molecule is CCCCCCCCCCCC[N+](C)(CCCCCCCCCCCC)Cc1ccccc1.[Cl-]. The van der Waals surface area contributed by atoms with Crippen molar-refractivity contribution in [1.29, 1.82) is 0 Å². The van der Waals surface area contributed by atoms with Crippen LogP contribution in [0.25, 0.3) is 0 Å². The molecule has 2 heteroatoms. The van der Waals surface area contributed by atoms with Crippen LogP contribution in [0, 0.1) is 0 Å². The fourth-order valence-electron chi connectivity index (χ4n) is 5.26. The van der Waals surface area contributed by atoms with E-state index in [4.69, 9.17) is 0 Å². The molecular weight excluding hydrogens is 434 g/mol. The van der Waals surface area contributed by atoms with Crippen LogP contribution in [0.5, 0.6) is 0 Å². The van der Waals surface area contributed by atoms with E-state index in [9.17, 15) is 0 Å². The van der Waals surface area contributed by atoms with E-state index in [1.807, 2.05) is 0 Å². The van der Waals surface area contributed by atoms with Crippen molar-refractivity contribution >= 4 is 0 Å². The summed E-state index contributed by atoms with van der Waals surface area (Å²) in [6.07, 6.45) is 28.7. The van der Waals surface area contributed by atoms with Gasteiger partial charge in [-0.1, -0.05) is 147 Å². The van der Waals surface area contributed by atoms with Gasteiger partial charge in [-0.25, -0.2) is 0 Å². The molecule has 0 aliphatic rings. The Morgan fingerprint density at radius 1 is 0.471 bits per heavy atom. The van der Waals surface area contributed by atoms with Gasteiger partial charge in [-0.3, -0.25) is 0 Å². The highest BCUT2D eigenvalue weighted by Gasteiger charge is 2.21. The maximum absolute atomic E-state index is 2.52. The summed E-state index contributed by atoms with van der Waals surface area (Å²) in [6, 6.07) is 11.2. The van der Waals surface area contributed by atoms with Crippen molar-refractivity contribution in [2.24, 2.45) is 0 Å². The van der Waals surface area contributed by atoms with Crippen LogP contribution in [-0.4, -0.2) is 24.6 Å². The number of unbranched alkanes of at least 4 members (excludes halogenated alkanes) is 18. The third kappa shape index (κ3) is 19.7. The van der Waals surface area contributed by atoms with Crippen molar-refractivity contribution in [1.82, 2.24) is 0 Å². The van der Waals surface area contributed by atoms with Crippen LogP contribution < -0.4 is 12.4 Å². The van der Waals surface area contributed by atoms with Crippen molar-refractivity contribution < 1.29 is 16.9 Å². The smallest absolute Gasteiger partial charge is 0.104 e. The minimum absolute atomic E-state index is 0. The van der Waals surface area contributed by atoms with Gasteiger partial charge in [0.2, 0.25) is 0 Å². The molecule has 0 N–H and O–H groups in total. The molecular formula is C32H60ClN. The molecule has 0 heterocycles. The summed E-state index contributed by atoms with van der Waals surface area (Å²) in [5, 5.41) is 0. The Labute approximate surface area is 221 Å². The number of nitrogens with zero attached hydrogens (tertiary/aromatic N) is 1. The van der Waals surface area contributed by atoms with Crippen molar-refractivity contribution in [3.63, 3.8) is 0 Å². The number of rotatable bonds is 24. The van der Waals surface area contributed by atoms with Gasteiger partial charge < -0.3 is 16.9 Å². The van der Waals surface area contributed by atoms with E-state index in [1.165, 1.54) is 158 Å². The highest BCUT2D eigenvalue weighted by Crippen LogP contribution is 2.18. The Bertz CT molecular complexity index is 491. The van der Waals surface area contributed by atoms with Gasteiger partial charge in [0, 0.05) is 5.56 Å². The highest BCUT2D eigenvalue weighted by molar-refractivity contribution is 5.13. The van der Waals surface area contributed by atoms with Crippen LogP contribution in [0.3, 0.4) is 0 Å². The monoisotopic (exact) mass is 493 g/mol. The topological polar surface area (TPSA) is 0 Å². The molecule has 0 spiro atoms. The van der Waals surface area contributed by atoms with E-state index in [1.54, 1.807) is 0 Å². The molecule has 0 aliphatic heterocycles. The fourth-order valence-corrected chi connectivity index (χ4v) is 5.26. The summed E-state index contributed by atoms with van der Waals surface area (Å²) < 4.78 is 1.23. The zero-order chi connectivity index (χ0) is 23.9. The summed E-state index contributed by atoms with van der Waals surface area (Å²) in [5.74, 6) is 0. The van der Waals surface area contributed by atoms with E-state index in [0.717, 1.165) is 0 Å². The number of hydrogen-bond donors (Lipinski definition) is 0. The number of quaternary nitrogens is 1. The van der Waals surface area contributed by atoms with Gasteiger partial charge in [0.15, 0.2) is 0 Å². The molecule has 0 saturated carbocycles. The van der Waals surface area contributed by atoms with Crippen LogP contribution in [0.2, 0.25) is 0 Å². The maximum atomic E-state index is 2.52. The Morgan fingerprint density at radius 3 is 1.15 bits per heavy atom.